The lowest BCUT2D eigenvalue weighted by atomic mass is 9.92. The zero-order valence-corrected chi connectivity index (χ0v) is 20.9. The van der Waals surface area contributed by atoms with Crippen molar-refractivity contribution in [1.29, 1.82) is 5.26 Å². The highest BCUT2D eigenvalue weighted by molar-refractivity contribution is 5.79. The topological polar surface area (TPSA) is 105 Å². The summed E-state index contributed by atoms with van der Waals surface area (Å²) in [6, 6.07) is 20.4. The molecule has 4 rings (SSSR count). The summed E-state index contributed by atoms with van der Waals surface area (Å²) in [7, 11) is 0. The van der Waals surface area contributed by atoms with Gasteiger partial charge in [0.25, 0.3) is 0 Å². The molecule has 1 aliphatic rings. The summed E-state index contributed by atoms with van der Waals surface area (Å²) in [6.07, 6.45) is -0.857. The molecule has 186 valence electrons. The molecule has 0 bridgehead atoms. The van der Waals surface area contributed by atoms with Crippen molar-refractivity contribution in [3.05, 3.63) is 88.7 Å². The van der Waals surface area contributed by atoms with Gasteiger partial charge in [-0.2, -0.15) is 5.26 Å². The number of nitriles is 1. The summed E-state index contributed by atoms with van der Waals surface area (Å²) < 4.78 is 12.3. The fourth-order valence-electron chi connectivity index (χ4n) is 4.22. The summed E-state index contributed by atoms with van der Waals surface area (Å²) >= 11 is 0. The van der Waals surface area contributed by atoms with Gasteiger partial charge >= 0.3 is 12.2 Å². The minimum Gasteiger partial charge on any atom is -0.445 e. The standard InChI is InChI=1S/C28H30N4O4/c1-18-10-12-20(13-11-18)22-15-24(31-26(33)35-17-19-8-6-5-7-9-19)25-23(30-22)14-21(16-29)32(25)27(34)36-28(2,3)4/h5-14,22,24,30H,15,17H2,1-4H3,(H,31,33)/t22-,24-/m0/s1. The first-order valence-corrected chi connectivity index (χ1v) is 11.8. The summed E-state index contributed by atoms with van der Waals surface area (Å²) in [4.78, 5) is 25.9. The quantitative estimate of drug-likeness (QED) is 0.470. The lowest BCUT2D eigenvalue weighted by Crippen LogP contribution is -2.37. The Labute approximate surface area is 210 Å². The molecular weight excluding hydrogens is 456 g/mol. The van der Waals surface area contributed by atoms with Crippen LogP contribution in [0.5, 0.6) is 0 Å². The monoisotopic (exact) mass is 486 g/mol. The number of amides is 1. The third-order valence-corrected chi connectivity index (χ3v) is 5.85. The van der Waals surface area contributed by atoms with Crippen molar-refractivity contribution in [2.75, 3.05) is 5.32 Å². The number of hydrogen-bond donors (Lipinski definition) is 2. The number of nitrogens with zero attached hydrogens (tertiary/aromatic N) is 2. The molecule has 2 atom stereocenters. The molecule has 2 heterocycles. The molecule has 3 aromatic rings. The molecule has 0 radical (unpaired) electrons. The van der Waals surface area contributed by atoms with E-state index in [1.54, 1.807) is 26.8 Å². The molecule has 0 aliphatic carbocycles. The molecule has 1 amide bonds. The lowest BCUT2D eigenvalue weighted by Gasteiger charge is -2.33. The van der Waals surface area contributed by atoms with E-state index in [-0.39, 0.29) is 18.3 Å². The van der Waals surface area contributed by atoms with E-state index in [9.17, 15) is 14.9 Å². The Hall–Kier alpha value is -4.25. The molecule has 0 saturated heterocycles. The van der Waals surface area contributed by atoms with Gasteiger partial charge in [0.1, 0.15) is 24.0 Å². The van der Waals surface area contributed by atoms with Crippen molar-refractivity contribution in [2.24, 2.45) is 0 Å². The summed E-state index contributed by atoms with van der Waals surface area (Å²) in [6.45, 7) is 7.41. The maximum atomic E-state index is 13.1. The van der Waals surface area contributed by atoms with E-state index in [1.165, 1.54) is 4.57 Å². The van der Waals surface area contributed by atoms with E-state index in [0.717, 1.165) is 16.7 Å². The molecular formula is C28H30N4O4. The van der Waals surface area contributed by atoms with Gasteiger partial charge in [-0.25, -0.2) is 14.2 Å². The van der Waals surface area contributed by atoms with Gasteiger partial charge in [-0.05, 0) is 51.3 Å². The number of benzene rings is 2. The van der Waals surface area contributed by atoms with E-state index < -0.39 is 23.8 Å². The van der Waals surface area contributed by atoms with E-state index in [0.29, 0.717) is 17.8 Å². The van der Waals surface area contributed by atoms with Crippen molar-refractivity contribution in [3.63, 3.8) is 0 Å². The largest absolute Gasteiger partial charge is 0.445 e. The number of fused-ring (bicyclic) bond motifs is 1. The van der Waals surface area contributed by atoms with Crippen LogP contribution in [0.15, 0.2) is 60.7 Å². The number of aryl methyl sites for hydroxylation is 1. The number of carbonyl (C=O) groups excluding carboxylic acids is 2. The van der Waals surface area contributed by atoms with Gasteiger partial charge in [-0.1, -0.05) is 60.2 Å². The Bertz CT molecular complexity index is 1280. The number of anilines is 1. The number of carbonyl (C=O) groups is 2. The molecule has 0 spiro atoms. The molecule has 0 unspecified atom stereocenters. The number of rotatable bonds is 4. The fourth-order valence-corrected chi connectivity index (χ4v) is 4.22. The zero-order chi connectivity index (χ0) is 25.9. The van der Waals surface area contributed by atoms with E-state index >= 15 is 0 Å². The Morgan fingerprint density at radius 1 is 1.14 bits per heavy atom. The van der Waals surface area contributed by atoms with Crippen molar-refractivity contribution in [1.82, 2.24) is 9.88 Å². The highest BCUT2D eigenvalue weighted by atomic mass is 16.6. The van der Waals surface area contributed by atoms with Crippen LogP contribution in [0, 0.1) is 18.3 Å². The fraction of sp³-hybridized carbons (Fsp3) is 0.321. The number of hydrogen-bond acceptors (Lipinski definition) is 6. The predicted molar refractivity (Wildman–Crippen MR) is 135 cm³/mol. The predicted octanol–water partition coefficient (Wildman–Crippen LogP) is 5.98. The van der Waals surface area contributed by atoms with Crippen LogP contribution < -0.4 is 10.6 Å². The average molecular weight is 487 g/mol. The van der Waals surface area contributed by atoms with Gasteiger partial charge in [-0.15, -0.1) is 0 Å². The minimum atomic E-state index is -0.759. The Morgan fingerprint density at radius 3 is 2.47 bits per heavy atom. The first kappa shape index (κ1) is 24.9. The minimum absolute atomic E-state index is 0.114. The van der Waals surface area contributed by atoms with Crippen LogP contribution in [0.2, 0.25) is 0 Å². The lowest BCUT2D eigenvalue weighted by molar-refractivity contribution is 0.0526. The third-order valence-electron chi connectivity index (χ3n) is 5.85. The SMILES string of the molecule is Cc1ccc([C@@H]2C[C@H](NC(=O)OCc3ccccc3)c3c(cc(C#N)n3C(=O)OC(C)(C)C)N2)cc1. The second-order valence-electron chi connectivity index (χ2n) is 9.86. The number of aromatic nitrogens is 1. The van der Waals surface area contributed by atoms with Crippen LogP contribution in [0.4, 0.5) is 15.3 Å². The van der Waals surface area contributed by atoms with Gasteiger partial charge in [0, 0.05) is 0 Å². The van der Waals surface area contributed by atoms with Gasteiger partial charge in [0.05, 0.1) is 23.5 Å². The van der Waals surface area contributed by atoms with Gasteiger partial charge in [0.15, 0.2) is 0 Å². The van der Waals surface area contributed by atoms with E-state index in [2.05, 4.69) is 16.7 Å². The van der Waals surface area contributed by atoms with Crippen LogP contribution in [0.1, 0.15) is 67.4 Å². The zero-order valence-electron chi connectivity index (χ0n) is 20.9. The van der Waals surface area contributed by atoms with Crippen LogP contribution in [-0.2, 0) is 16.1 Å². The second-order valence-corrected chi connectivity index (χ2v) is 9.86. The molecule has 2 aromatic carbocycles. The molecule has 1 aromatic heterocycles. The van der Waals surface area contributed by atoms with Gasteiger partial charge in [-0.3, -0.25) is 0 Å². The molecule has 1 aliphatic heterocycles. The molecule has 2 N–H and O–H groups in total. The summed E-state index contributed by atoms with van der Waals surface area (Å²) in [5.41, 5.74) is 3.43. The maximum absolute atomic E-state index is 13.1. The molecule has 0 fully saturated rings. The molecule has 0 saturated carbocycles. The highest BCUT2D eigenvalue weighted by Crippen LogP contribution is 2.41. The molecule has 8 nitrogen and oxygen atoms in total. The Balaban J connectivity index is 1.66. The number of nitrogens with one attached hydrogen (secondary N) is 2. The average Bonchev–Trinajstić information content (AvgIpc) is 3.22. The van der Waals surface area contributed by atoms with Crippen LogP contribution in [0.25, 0.3) is 0 Å². The summed E-state index contributed by atoms with van der Waals surface area (Å²) in [5, 5.41) is 16.1. The maximum Gasteiger partial charge on any atom is 0.419 e. The number of alkyl carbamates (subject to hydrolysis) is 1. The van der Waals surface area contributed by atoms with Crippen molar-refractivity contribution in [3.8, 4) is 6.07 Å². The number of ether oxygens (including phenoxy) is 2. The normalized spacial score (nSPS) is 16.8. The highest BCUT2D eigenvalue weighted by Gasteiger charge is 2.36. The third kappa shape index (κ3) is 5.69. The molecule has 36 heavy (non-hydrogen) atoms. The Kier molecular flexibility index (Phi) is 7.02. The van der Waals surface area contributed by atoms with Crippen LogP contribution in [0.3, 0.4) is 0 Å². The van der Waals surface area contributed by atoms with Crippen LogP contribution >= 0.6 is 0 Å². The van der Waals surface area contributed by atoms with E-state index in [4.69, 9.17) is 9.47 Å². The molecule has 8 heteroatoms. The van der Waals surface area contributed by atoms with Crippen LogP contribution in [-0.4, -0.2) is 22.4 Å². The smallest absolute Gasteiger partial charge is 0.419 e. The summed E-state index contributed by atoms with van der Waals surface area (Å²) in [5.74, 6) is 0. The first-order chi connectivity index (χ1) is 17.1. The first-order valence-electron chi connectivity index (χ1n) is 11.8. The van der Waals surface area contributed by atoms with Crippen molar-refractivity contribution in [2.45, 2.75) is 58.4 Å². The van der Waals surface area contributed by atoms with E-state index in [1.807, 2.05) is 61.5 Å². The van der Waals surface area contributed by atoms with Crippen molar-refractivity contribution >= 4 is 17.9 Å². The Morgan fingerprint density at radius 2 is 1.83 bits per heavy atom. The van der Waals surface area contributed by atoms with Gasteiger partial charge < -0.3 is 20.1 Å². The van der Waals surface area contributed by atoms with Crippen molar-refractivity contribution < 1.29 is 19.1 Å². The van der Waals surface area contributed by atoms with Gasteiger partial charge in [0.2, 0.25) is 0 Å². The second kappa shape index (κ2) is 10.2.